The Hall–Kier alpha value is -3.96. The lowest BCUT2D eigenvalue weighted by Gasteiger charge is -2.38. The zero-order chi connectivity index (χ0) is 30.5. The van der Waals surface area contributed by atoms with Crippen molar-refractivity contribution in [3.63, 3.8) is 0 Å². The van der Waals surface area contributed by atoms with Crippen molar-refractivity contribution in [2.45, 2.75) is 45.0 Å². The zero-order valence-electron chi connectivity index (χ0n) is 25.0. The van der Waals surface area contributed by atoms with Gasteiger partial charge in [-0.1, -0.05) is 133 Å². The predicted molar refractivity (Wildman–Crippen MR) is 173 cm³/mol. The first kappa shape index (κ1) is 30.5. The van der Waals surface area contributed by atoms with Crippen molar-refractivity contribution in [1.82, 2.24) is 0 Å². The minimum Gasteiger partial charge on any atom is -0.464 e. The van der Waals surface area contributed by atoms with E-state index >= 15 is 0 Å². The first-order valence-electron chi connectivity index (χ1n) is 14.6. The summed E-state index contributed by atoms with van der Waals surface area (Å²) in [5, 5.41) is 2.52. The number of aryl methyl sites for hydroxylation is 1. The average Bonchev–Trinajstić information content (AvgIpc) is 3.03. The van der Waals surface area contributed by atoms with Gasteiger partial charge in [0.15, 0.2) is 5.60 Å². The molecule has 0 heterocycles. The van der Waals surface area contributed by atoms with Crippen LogP contribution in [0.15, 0.2) is 121 Å². The number of ether oxygens (including phenoxy) is 3. The van der Waals surface area contributed by atoms with Crippen molar-refractivity contribution in [3.05, 3.63) is 154 Å². The summed E-state index contributed by atoms with van der Waals surface area (Å²) >= 11 is 7.16. The average molecular weight is 593 g/mol. The molecule has 0 saturated heterocycles. The number of fused-ring (bicyclic) bond motifs is 1. The van der Waals surface area contributed by atoms with E-state index in [1.165, 1.54) is 0 Å². The summed E-state index contributed by atoms with van der Waals surface area (Å²) < 4.78 is 19.2. The molecule has 5 aromatic rings. The summed E-state index contributed by atoms with van der Waals surface area (Å²) in [4.78, 5) is 13.1. The molecule has 0 saturated carbocycles. The van der Waals surface area contributed by atoms with Gasteiger partial charge >= 0.3 is 5.97 Å². The molecule has 0 aliphatic heterocycles. The minimum absolute atomic E-state index is 0.0976. The van der Waals surface area contributed by atoms with Gasteiger partial charge in [0.2, 0.25) is 0 Å². The largest absolute Gasteiger partial charge is 0.464 e. The van der Waals surface area contributed by atoms with E-state index in [-0.39, 0.29) is 13.2 Å². The van der Waals surface area contributed by atoms with Crippen LogP contribution >= 0.6 is 11.6 Å². The molecule has 0 amide bonds. The van der Waals surface area contributed by atoms with E-state index in [0.717, 1.165) is 38.6 Å². The molecule has 1 atom stereocenters. The summed E-state index contributed by atoms with van der Waals surface area (Å²) in [6.45, 7) is 7.59. The van der Waals surface area contributed by atoms with Crippen LogP contribution in [0.5, 0.6) is 0 Å². The van der Waals surface area contributed by atoms with Crippen LogP contribution in [0.1, 0.15) is 54.7 Å². The van der Waals surface area contributed by atoms with Crippen molar-refractivity contribution in [1.29, 1.82) is 0 Å². The zero-order valence-corrected chi connectivity index (χ0v) is 25.8. The molecule has 43 heavy (non-hydrogen) atoms. The number of hydrogen-bond acceptors (Lipinski definition) is 4. The van der Waals surface area contributed by atoms with Crippen molar-refractivity contribution < 1.29 is 19.0 Å². The Labute approximate surface area is 259 Å². The first-order valence-corrected chi connectivity index (χ1v) is 15.0. The molecule has 0 bridgehead atoms. The monoisotopic (exact) mass is 592 g/mol. The molecule has 5 heteroatoms. The van der Waals surface area contributed by atoms with Gasteiger partial charge < -0.3 is 14.2 Å². The van der Waals surface area contributed by atoms with Gasteiger partial charge in [0.1, 0.15) is 11.7 Å². The van der Waals surface area contributed by atoms with E-state index in [1.807, 2.05) is 85.8 Å². The van der Waals surface area contributed by atoms with Gasteiger partial charge in [-0.2, -0.15) is 0 Å². The molecule has 0 aliphatic rings. The van der Waals surface area contributed by atoms with Crippen LogP contribution in [-0.2, 0) is 24.6 Å². The van der Waals surface area contributed by atoms with E-state index in [1.54, 1.807) is 20.8 Å². The van der Waals surface area contributed by atoms with Crippen LogP contribution in [-0.4, -0.2) is 24.8 Å². The molecule has 0 radical (unpaired) electrons. The summed E-state index contributed by atoms with van der Waals surface area (Å²) in [7, 11) is 0. The van der Waals surface area contributed by atoms with Gasteiger partial charge in [0.05, 0.1) is 18.2 Å². The Balaban J connectivity index is 1.68. The van der Waals surface area contributed by atoms with E-state index in [9.17, 15) is 4.79 Å². The third-order valence-electron chi connectivity index (χ3n) is 7.75. The number of rotatable bonds is 11. The molecule has 0 unspecified atom stereocenters. The highest BCUT2D eigenvalue weighted by atomic mass is 35.5. The Bertz CT molecular complexity index is 1570. The van der Waals surface area contributed by atoms with Gasteiger partial charge in [-0.25, -0.2) is 4.79 Å². The highest BCUT2D eigenvalue weighted by molar-refractivity contribution is 6.36. The summed E-state index contributed by atoms with van der Waals surface area (Å²) in [5.41, 5.74) is 2.39. The van der Waals surface area contributed by atoms with Crippen LogP contribution in [0.25, 0.3) is 10.8 Å². The quantitative estimate of drug-likeness (QED) is 0.113. The molecule has 0 N–H and O–H groups in total. The third-order valence-corrected chi connectivity index (χ3v) is 8.16. The topological polar surface area (TPSA) is 44.8 Å². The highest BCUT2D eigenvalue weighted by Crippen LogP contribution is 2.43. The standard InChI is InChI=1S/C38H37ClO4/c1-5-41-36(40)37(3,4)43-33(34-27(2)25-28-17-15-16-24-32(28)35(34)39)26-42-38(29-18-9-6-10-19-29,30-20-11-7-12-21-30)31-22-13-8-14-23-31/h6-25,33H,5,26H2,1-4H3/t33-/m1/s1. The second-order valence-electron chi connectivity index (χ2n) is 11.1. The SMILES string of the molecule is CCOC(=O)C(C)(C)O[C@H](COC(c1ccccc1)(c1ccccc1)c1ccccc1)c1c(C)cc2ccccc2c1Cl. The van der Waals surface area contributed by atoms with E-state index < -0.39 is 23.3 Å². The van der Waals surface area contributed by atoms with Gasteiger partial charge in [0.25, 0.3) is 0 Å². The smallest absolute Gasteiger partial charge is 0.337 e. The van der Waals surface area contributed by atoms with E-state index in [0.29, 0.717) is 5.02 Å². The minimum atomic E-state index is -1.26. The van der Waals surface area contributed by atoms with Gasteiger partial charge in [-0.15, -0.1) is 0 Å². The fourth-order valence-electron chi connectivity index (χ4n) is 5.70. The maximum absolute atomic E-state index is 13.1. The number of esters is 1. The van der Waals surface area contributed by atoms with E-state index in [2.05, 4.69) is 42.5 Å². The number of carbonyl (C=O) groups is 1. The second kappa shape index (κ2) is 13.1. The molecule has 5 rings (SSSR count). The fourth-order valence-corrected chi connectivity index (χ4v) is 6.14. The van der Waals surface area contributed by atoms with Gasteiger partial charge in [-0.05, 0) is 55.3 Å². The third kappa shape index (κ3) is 6.23. The number of benzene rings is 5. The molecule has 0 aromatic heterocycles. The van der Waals surface area contributed by atoms with Crippen LogP contribution in [0.2, 0.25) is 5.02 Å². The maximum Gasteiger partial charge on any atom is 0.337 e. The van der Waals surface area contributed by atoms with Crippen molar-refractivity contribution in [2.75, 3.05) is 13.2 Å². The van der Waals surface area contributed by atoms with Crippen molar-refractivity contribution in [3.8, 4) is 0 Å². The van der Waals surface area contributed by atoms with Crippen LogP contribution in [0.3, 0.4) is 0 Å². The Morgan fingerprint density at radius 3 is 1.77 bits per heavy atom. The molecule has 4 nitrogen and oxygen atoms in total. The normalized spacial score (nSPS) is 12.7. The molecule has 5 aromatic carbocycles. The second-order valence-corrected chi connectivity index (χ2v) is 11.4. The van der Waals surface area contributed by atoms with E-state index in [4.69, 9.17) is 25.8 Å². The maximum atomic E-state index is 13.1. The summed E-state index contributed by atoms with van der Waals surface area (Å²) in [6, 6.07) is 40.6. The lowest BCUT2D eigenvalue weighted by molar-refractivity contribution is -0.181. The summed E-state index contributed by atoms with van der Waals surface area (Å²) in [5.74, 6) is -0.449. The number of hydrogen-bond donors (Lipinski definition) is 0. The molecular weight excluding hydrogens is 556 g/mol. The van der Waals surface area contributed by atoms with Gasteiger partial charge in [-0.3, -0.25) is 0 Å². The number of carbonyl (C=O) groups excluding carboxylic acids is 1. The molecule has 0 fully saturated rings. The fraction of sp³-hybridized carbons (Fsp3) is 0.237. The Morgan fingerprint density at radius 1 is 0.767 bits per heavy atom. The predicted octanol–water partition coefficient (Wildman–Crippen LogP) is 9.21. The highest BCUT2D eigenvalue weighted by Gasteiger charge is 2.41. The van der Waals surface area contributed by atoms with Crippen LogP contribution in [0.4, 0.5) is 0 Å². The Morgan fingerprint density at radius 2 is 1.26 bits per heavy atom. The van der Waals surface area contributed by atoms with Crippen LogP contribution < -0.4 is 0 Å². The van der Waals surface area contributed by atoms with Crippen molar-refractivity contribution >= 4 is 28.3 Å². The van der Waals surface area contributed by atoms with Gasteiger partial charge in [0, 0.05) is 10.9 Å². The first-order chi connectivity index (χ1) is 20.8. The lowest BCUT2D eigenvalue weighted by Crippen LogP contribution is -2.40. The Kier molecular flexibility index (Phi) is 9.31. The molecule has 220 valence electrons. The molecule has 0 aliphatic carbocycles. The van der Waals surface area contributed by atoms with Crippen molar-refractivity contribution in [2.24, 2.45) is 0 Å². The summed E-state index contributed by atoms with van der Waals surface area (Å²) in [6.07, 6.45) is -0.702. The molecule has 0 spiro atoms. The molecular formula is C38H37ClO4. The number of halogens is 1. The lowest BCUT2D eigenvalue weighted by atomic mass is 9.80. The van der Waals surface area contributed by atoms with Crippen LogP contribution in [0, 0.1) is 6.92 Å².